The van der Waals surface area contributed by atoms with E-state index in [4.69, 9.17) is 11.6 Å². The molecule has 0 atom stereocenters. The normalized spacial score (nSPS) is 11.2. The van der Waals surface area contributed by atoms with Crippen molar-refractivity contribution >= 4 is 51.9 Å². The van der Waals surface area contributed by atoms with E-state index in [1.54, 1.807) is 30.3 Å². The number of amides is 1. The first-order valence-electron chi connectivity index (χ1n) is 8.95. The zero-order chi connectivity index (χ0) is 21.1. The smallest absolute Gasteiger partial charge is 0.266 e. The Hall–Kier alpha value is -2.56. The monoisotopic (exact) mass is 515 g/mol. The highest BCUT2D eigenvalue weighted by molar-refractivity contribution is 14.1. The molecule has 1 heterocycles. The van der Waals surface area contributed by atoms with Gasteiger partial charge in [0.2, 0.25) is 0 Å². The predicted octanol–water partition coefficient (Wildman–Crippen LogP) is 6.21. The average molecular weight is 516 g/mol. The number of benzene rings is 2. The van der Waals surface area contributed by atoms with Crippen molar-refractivity contribution in [3.8, 4) is 11.8 Å². The van der Waals surface area contributed by atoms with Crippen LogP contribution < -0.4 is 5.32 Å². The number of aromatic nitrogens is 1. The molecule has 0 bridgehead atoms. The topological polar surface area (TPSA) is 57.8 Å². The minimum absolute atomic E-state index is 0.0176. The standard InChI is InChI=1S/C23H19ClIN3O/c1-14-10-19(8-9-21(14)25)28-15(2)11-17(16(28)3)12-18(13-26)23(29)27-22-7-5-4-6-20(22)24/h4-12H,1-3H3,(H,27,29)/b18-12-. The van der Waals surface area contributed by atoms with Crippen molar-refractivity contribution in [3.05, 3.63) is 85.2 Å². The fourth-order valence-electron chi connectivity index (χ4n) is 3.16. The quantitative estimate of drug-likeness (QED) is 0.255. The summed E-state index contributed by atoms with van der Waals surface area (Å²) in [5.41, 5.74) is 5.55. The van der Waals surface area contributed by atoms with E-state index in [-0.39, 0.29) is 5.57 Å². The third-order valence-electron chi connectivity index (χ3n) is 4.66. The maximum absolute atomic E-state index is 12.6. The van der Waals surface area contributed by atoms with Crippen molar-refractivity contribution in [2.24, 2.45) is 0 Å². The number of carbonyl (C=O) groups excluding carboxylic acids is 1. The molecule has 0 unspecified atom stereocenters. The van der Waals surface area contributed by atoms with Gasteiger partial charge in [-0.2, -0.15) is 5.26 Å². The number of carbonyl (C=O) groups is 1. The summed E-state index contributed by atoms with van der Waals surface area (Å²) >= 11 is 8.41. The van der Waals surface area contributed by atoms with Crippen molar-refractivity contribution in [1.29, 1.82) is 5.26 Å². The van der Waals surface area contributed by atoms with E-state index in [0.29, 0.717) is 10.7 Å². The molecule has 0 aliphatic rings. The highest BCUT2D eigenvalue weighted by atomic mass is 127. The van der Waals surface area contributed by atoms with E-state index >= 15 is 0 Å². The molecule has 0 spiro atoms. The van der Waals surface area contributed by atoms with Gasteiger partial charge >= 0.3 is 0 Å². The van der Waals surface area contributed by atoms with Crippen LogP contribution in [-0.2, 0) is 4.79 Å². The number of aryl methyl sites for hydroxylation is 2. The molecule has 3 aromatic rings. The van der Waals surface area contributed by atoms with E-state index in [2.05, 4.69) is 57.6 Å². The van der Waals surface area contributed by atoms with Crippen LogP contribution in [0.1, 0.15) is 22.5 Å². The molecule has 0 fully saturated rings. The summed E-state index contributed by atoms with van der Waals surface area (Å²) in [5.74, 6) is -0.490. The number of nitrogens with zero attached hydrogens (tertiary/aromatic N) is 2. The van der Waals surface area contributed by atoms with Gasteiger partial charge in [0, 0.05) is 20.6 Å². The molecule has 3 rings (SSSR count). The number of hydrogen-bond acceptors (Lipinski definition) is 2. The van der Waals surface area contributed by atoms with Crippen molar-refractivity contribution in [3.63, 3.8) is 0 Å². The van der Waals surface area contributed by atoms with Crippen LogP contribution in [0, 0.1) is 35.7 Å². The largest absolute Gasteiger partial charge is 0.320 e. The summed E-state index contributed by atoms with van der Waals surface area (Å²) in [6, 6.07) is 17.2. The molecule has 1 aromatic heterocycles. The molecule has 6 heteroatoms. The summed E-state index contributed by atoms with van der Waals surface area (Å²) < 4.78 is 3.33. The van der Waals surface area contributed by atoms with Crippen molar-refractivity contribution in [1.82, 2.24) is 4.57 Å². The lowest BCUT2D eigenvalue weighted by atomic mass is 10.1. The Morgan fingerprint density at radius 1 is 1.17 bits per heavy atom. The molecular weight excluding hydrogens is 497 g/mol. The van der Waals surface area contributed by atoms with Gasteiger partial charge in [0.1, 0.15) is 11.6 Å². The second-order valence-corrected chi connectivity index (χ2v) is 8.27. The molecule has 146 valence electrons. The van der Waals surface area contributed by atoms with Crippen molar-refractivity contribution in [2.75, 3.05) is 5.32 Å². The van der Waals surface area contributed by atoms with Crippen LogP contribution in [0.25, 0.3) is 11.8 Å². The summed E-state index contributed by atoms with van der Waals surface area (Å²) in [6.07, 6.45) is 1.62. The number of hydrogen-bond donors (Lipinski definition) is 1. The summed E-state index contributed by atoms with van der Waals surface area (Å²) in [7, 11) is 0. The van der Waals surface area contributed by atoms with Crippen molar-refractivity contribution < 1.29 is 4.79 Å². The first kappa shape index (κ1) is 21.2. The number of anilines is 1. The van der Waals surface area contributed by atoms with Crippen LogP contribution in [0.15, 0.2) is 54.1 Å². The minimum atomic E-state index is -0.490. The first-order chi connectivity index (χ1) is 13.8. The number of halogens is 2. The van der Waals surface area contributed by atoms with Gasteiger partial charge in [-0.15, -0.1) is 0 Å². The maximum atomic E-state index is 12.6. The fraction of sp³-hybridized carbons (Fsp3) is 0.130. The number of nitriles is 1. The van der Waals surface area contributed by atoms with Crippen LogP contribution in [0.3, 0.4) is 0 Å². The Labute approximate surface area is 188 Å². The van der Waals surface area contributed by atoms with Gasteiger partial charge in [0.05, 0.1) is 10.7 Å². The highest BCUT2D eigenvalue weighted by Gasteiger charge is 2.15. The SMILES string of the molecule is Cc1cc(-n2c(C)cc(/C=C(/C#N)C(=O)Nc3ccccc3Cl)c2C)ccc1I. The first-order valence-corrected chi connectivity index (χ1v) is 10.4. The second kappa shape index (κ2) is 8.85. The van der Waals surface area contributed by atoms with E-state index in [9.17, 15) is 10.1 Å². The molecule has 0 aliphatic heterocycles. The van der Waals surface area contributed by atoms with E-state index in [1.807, 2.05) is 26.0 Å². The third-order valence-corrected chi connectivity index (χ3v) is 6.20. The van der Waals surface area contributed by atoms with Gasteiger partial charge in [-0.25, -0.2) is 0 Å². The van der Waals surface area contributed by atoms with Crippen molar-refractivity contribution in [2.45, 2.75) is 20.8 Å². The Morgan fingerprint density at radius 3 is 2.55 bits per heavy atom. The summed E-state index contributed by atoms with van der Waals surface area (Å²) in [6.45, 7) is 6.06. The Balaban J connectivity index is 1.96. The Morgan fingerprint density at radius 2 is 1.90 bits per heavy atom. The van der Waals surface area contributed by atoms with Gasteiger partial charge in [-0.1, -0.05) is 23.7 Å². The van der Waals surface area contributed by atoms with Gasteiger partial charge in [-0.3, -0.25) is 4.79 Å². The zero-order valence-electron chi connectivity index (χ0n) is 16.3. The Bertz CT molecular complexity index is 1170. The molecule has 0 saturated heterocycles. The van der Waals surface area contributed by atoms with Gasteiger partial charge in [0.25, 0.3) is 5.91 Å². The zero-order valence-corrected chi connectivity index (χ0v) is 19.2. The van der Waals surface area contributed by atoms with E-state index < -0.39 is 5.91 Å². The number of nitrogens with one attached hydrogen (secondary N) is 1. The maximum Gasteiger partial charge on any atom is 0.266 e. The molecule has 0 aliphatic carbocycles. The molecule has 0 saturated carbocycles. The van der Waals surface area contributed by atoms with Gasteiger partial charge in [0.15, 0.2) is 0 Å². The molecule has 1 N–H and O–H groups in total. The van der Waals surface area contributed by atoms with Crippen LogP contribution in [0.2, 0.25) is 5.02 Å². The lowest BCUT2D eigenvalue weighted by Crippen LogP contribution is -2.13. The lowest BCUT2D eigenvalue weighted by Gasteiger charge is -2.11. The van der Waals surface area contributed by atoms with Crippen LogP contribution in [0.4, 0.5) is 5.69 Å². The highest BCUT2D eigenvalue weighted by Crippen LogP contribution is 2.26. The molecular formula is C23H19ClIN3O. The molecule has 4 nitrogen and oxygen atoms in total. The van der Waals surface area contributed by atoms with Crippen LogP contribution in [-0.4, -0.2) is 10.5 Å². The van der Waals surface area contributed by atoms with Crippen LogP contribution >= 0.6 is 34.2 Å². The van der Waals surface area contributed by atoms with Gasteiger partial charge < -0.3 is 9.88 Å². The predicted molar refractivity (Wildman–Crippen MR) is 126 cm³/mol. The summed E-state index contributed by atoms with van der Waals surface area (Å²) in [5, 5.41) is 12.7. The lowest BCUT2D eigenvalue weighted by molar-refractivity contribution is -0.112. The average Bonchev–Trinajstić information content (AvgIpc) is 2.97. The second-order valence-electron chi connectivity index (χ2n) is 6.70. The number of para-hydroxylation sites is 1. The molecule has 1 amide bonds. The van der Waals surface area contributed by atoms with E-state index in [1.165, 1.54) is 9.13 Å². The number of rotatable bonds is 4. The van der Waals surface area contributed by atoms with Gasteiger partial charge in [-0.05, 0) is 97.0 Å². The summed E-state index contributed by atoms with van der Waals surface area (Å²) in [4.78, 5) is 12.6. The Kier molecular flexibility index (Phi) is 6.46. The fourth-order valence-corrected chi connectivity index (χ4v) is 3.67. The molecule has 29 heavy (non-hydrogen) atoms. The third kappa shape index (κ3) is 4.55. The minimum Gasteiger partial charge on any atom is -0.320 e. The van der Waals surface area contributed by atoms with E-state index in [0.717, 1.165) is 22.6 Å². The molecule has 0 radical (unpaired) electrons. The van der Waals surface area contributed by atoms with Crippen LogP contribution in [0.5, 0.6) is 0 Å². The molecule has 2 aromatic carbocycles.